The second-order valence-corrected chi connectivity index (χ2v) is 5.22. The highest BCUT2D eigenvalue weighted by molar-refractivity contribution is 5.68. The maximum absolute atomic E-state index is 11.2. The fourth-order valence-corrected chi connectivity index (χ4v) is 2.70. The average Bonchev–Trinajstić information content (AvgIpc) is 2.42. The highest BCUT2D eigenvalue weighted by Crippen LogP contribution is 2.31. The Balaban J connectivity index is 2.34. The van der Waals surface area contributed by atoms with Crippen molar-refractivity contribution >= 4 is 11.4 Å². The molecule has 0 spiro atoms. The van der Waals surface area contributed by atoms with Crippen molar-refractivity contribution in [3.63, 3.8) is 0 Å². The molecular weight excluding hydrogens is 256 g/mol. The summed E-state index contributed by atoms with van der Waals surface area (Å²) in [5.74, 6) is 0. The molecular formula is C14H18N4O2. The van der Waals surface area contributed by atoms with Crippen molar-refractivity contribution < 1.29 is 4.92 Å². The van der Waals surface area contributed by atoms with Gasteiger partial charge >= 0.3 is 5.69 Å². The van der Waals surface area contributed by atoms with E-state index in [9.17, 15) is 10.1 Å². The van der Waals surface area contributed by atoms with E-state index in [0.29, 0.717) is 17.8 Å². The van der Waals surface area contributed by atoms with Crippen molar-refractivity contribution in [2.45, 2.75) is 45.2 Å². The van der Waals surface area contributed by atoms with Gasteiger partial charge in [-0.1, -0.05) is 12.5 Å². The molecule has 0 bridgehead atoms. The van der Waals surface area contributed by atoms with Gasteiger partial charge in [0.25, 0.3) is 0 Å². The molecule has 1 heterocycles. The third-order valence-electron chi connectivity index (χ3n) is 3.78. The summed E-state index contributed by atoms with van der Waals surface area (Å²) in [5.41, 5.74) is 3.46. The number of rotatable bonds is 3. The van der Waals surface area contributed by atoms with Gasteiger partial charge in [0.2, 0.25) is 0 Å². The molecule has 2 atom stereocenters. The SMILES string of the molecule is CC1CCCC(C)N1Nc1cccc(C#N)c1[N+](=O)[O-]. The number of hydrogen-bond acceptors (Lipinski definition) is 5. The summed E-state index contributed by atoms with van der Waals surface area (Å²) >= 11 is 0. The number of anilines is 1. The molecule has 106 valence electrons. The predicted molar refractivity (Wildman–Crippen MR) is 76.0 cm³/mol. The van der Waals surface area contributed by atoms with Crippen LogP contribution in [0.1, 0.15) is 38.7 Å². The molecule has 1 aromatic rings. The molecule has 0 saturated carbocycles. The standard InChI is InChI=1S/C14H18N4O2/c1-10-5-3-6-11(2)17(10)16-13-8-4-7-12(9-15)14(13)18(19)20/h4,7-8,10-11,16H,3,5-6H2,1-2H3. The second-order valence-electron chi connectivity index (χ2n) is 5.22. The van der Waals surface area contributed by atoms with Gasteiger partial charge in [0.1, 0.15) is 17.3 Å². The first kappa shape index (κ1) is 14.3. The number of nitro benzene ring substituents is 1. The number of nitro groups is 1. The first-order chi connectivity index (χ1) is 9.54. The molecule has 0 radical (unpaired) electrons. The van der Waals surface area contributed by atoms with Gasteiger partial charge in [-0.25, -0.2) is 5.01 Å². The van der Waals surface area contributed by atoms with Gasteiger partial charge in [0.05, 0.1) is 4.92 Å². The molecule has 0 aliphatic carbocycles. The van der Waals surface area contributed by atoms with Crippen LogP contribution in [-0.2, 0) is 0 Å². The number of nitriles is 1. The zero-order valence-electron chi connectivity index (χ0n) is 11.7. The summed E-state index contributed by atoms with van der Waals surface area (Å²) in [6.07, 6.45) is 3.28. The van der Waals surface area contributed by atoms with Gasteiger partial charge in [-0.15, -0.1) is 0 Å². The van der Waals surface area contributed by atoms with Crippen LogP contribution in [0.25, 0.3) is 0 Å². The van der Waals surface area contributed by atoms with Crippen LogP contribution in [0.3, 0.4) is 0 Å². The number of nitrogens with one attached hydrogen (secondary N) is 1. The number of para-hydroxylation sites is 1. The van der Waals surface area contributed by atoms with Crippen LogP contribution in [0.15, 0.2) is 18.2 Å². The Morgan fingerprint density at radius 3 is 2.60 bits per heavy atom. The van der Waals surface area contributed by atoms with E-state index in [0.717, 1.165) is 12.8 Å². The van der Waals surface area contributed by atoms with Crippen molar-refractivity contribution in [1.82, 2.24) is 5.01 Å². The Morgan fingerprint density at radius 1 is 1.40 bits per heavy atom. The maximum atomic E-state index is 11.2. The molecule has 20 heavy (non-hydrogen) atoms. The molecule has 1 aliphatic rings. The van der Waals surface area contributed by atoms with Crippen molar-refractivity contribution in [3.05, 3.63) is 33.9 Å². The molecule has 6 nitrogen and oxygen atoms in total. The molecule has 1 aromatic carbocycles. The molecule has 1 saturated heterocycles. The van der Waals surface area contributed by atoms with Crippen LogP contribution in [0.4, 0.5) is 11.4 Å². The highest BCUT2D eigenvalue weighted by Gasteiger charge is 2.28. The monoisotopic (exact) mass is 274 g/mol. The Hall–Kier alpha value is -2.13. The normalized spacial score (nSPS) is 23.1. The van der Waals surface area contributed by atoms with Crippen LogP contribution in [0.2, 0.25) is 0 Å². The third-order valence-corrected chi connectivity index (χ3v) is 3.78. The van der Waals surface area contributed by atoms with Crippen molar-refractivity contribution in [2.75, 3.05) is 5.43 Å². The fourth-order valence-electron chi connectivity index (χ4n) is 2.70. The van der Waals surface area contributed by atoms with E-state index < -0.39 is 4.92 Å². The summed E-state index contributed by atoms with van der Waals surface area (Å²) in [7, 11) is 0. The van der Waals surface area contributed by atoms with Gasteiger partial charge in [-0.2, -0.15) is 5.26 Å². The van der Waals surface area contributed by atoms with Crippen LogP contribution in [0.5, 0.6) is 0 Å². The minimum atomic E-state index is -0.500. The predicted octanol–water partition coefficient (Wildman–Crippen LogP) is 3.06. The van der Waals surface area contributed by atoms with Gasteiger partial charge in [-0.05, 0) is 38.8 Å². The molecule has 2 unspecified atom stereocenters. The fraction of sp³-hybridized carbons (Fsp3) is 0.500. The Morgan fingerprint density at radius 2 is 2.05 bits per heavy atom. The lowest BCUT2D eigenvalue weighted by Crippen LogP contribution is -2.47. The van der Waals surface area contributed by atoms with E-state index in [-0.39, 0.29) is 11.3 Å². The Kier molecular flexibility index (Phi) is 4.20. The van der Waals surface area contributed by atoms with Gasteiger partial charge in [0, 0.05) is 12.1 Å². The first-order valence-corrected chi connectivity index (χ1v) is 6.77. The molecule has 1 fully saturated rings. The smallest absolute Gasteiger partial charge is 0.311 e. The van der Waals surface area contributed by atoms with E-state index in [4.69, 9.17) is 5.26 Å². The lowest BCUT2D eigenvalue weighted by atomic mass is 10.00. The van der Waals surface area contributed by atoms with Crippen molar-refractivity contribution in [3.8, 4) is 6.07 Å². The first-order valence-electron chi connectivity index (χ1n) is 6.77. The van der Waals surface area contributed by atoms with E-state index in [2.05, 4.69) is 19.3 Å². The van der Waals surface area contributed by atoms with Gasteiger partial charge < -0.3 is 5.43 Å². The maximum Gasteiger partial charge on any atom is 0.311 e. The van der Waals surface area contributed by atoms with Gasteiger partial charge in [-0.3, -0.25) is 10.1 Å². The van der Waals surface area contributed by atoms with Crippen molar-refractivity contribution in [1.29, 1.82) is 5.26 Å². The quantitative estimate of drug-likeness (QED) is 0.676. The van der Waals surface area contributed by atoms with Crippen LogP contribution < -0.4 is 5.43 Å². The molecule has 1 aliphatic heterocycles. The minimum absolute atomic E-state index is 0.0808. The van der Waals surface area contributed by atoms with Gasteiger partial charge in [0.15, 0.2) is 0 Å². The number of benzene rings is 1. The second kappa shape index (κ2) is 5.88. The summed E-state index contributed by atoms with van der Waals surface area (Å²) in [4.78, 5) is 10.7. The highest BCUT2D eigenvalue weighted by atomic mass is 16.6. The van der Waals surface area contributed by atoms with E-state index in [1.165, 1.54) is 12.5 Å². The summed E-state index contributed by atoms with van der Waals surface area (Å²) < 4.78 is 0. The summed E-state index contributed by atoms with van der Waals surface area (Å²) in [6, 6.07) is 7.27. The van der Waals surface area contributed by atoms with Crippen LogP contribution in [0, 0.1) is 21.4 Å². The minimum Gasteiger partial charge on any atom is -0.312 e. The number of piperidine rings is 1. The summed E-state index contributed by atoms with van der Waals surface area (Å²) in [5, 5.41) is 22.3. The average molecular weight is 274 g/mol. The van der Waals surface area contributed by atoms with Crippen LogP contribution in [-0.4, -0.2) is 22.0 Å². The Bertz CT molecular complexity index is 543. The van der Waals surface area contributed by atoms with E-state index >= 15 is 0 Å². The molecule has 1 N–H and O–H groups in total. The molecule has 2 rings (SSSR count). The topological polar surface area (TPSA) is 82.2 Å². The number of hydrogen-bond donors (Lipinski definition) is 1. The number of hydrazine groups is 1. The number of nitrogens with zero attached hydrogens (tertiary/aromatic N) is 3. The molecule has 6 heteroatoms. The van der Waals surface area contributed by atoms with Crippen LogP contribution >= 0.6 is 0 Å². The van der Waals surface area contributed by atoms with E-state index in [1.54, 1.807) is 12.1 Å². The molecule has 0 aromatic heterocycles. The van der Waals surface area contributed by atoms with E-state index in [1.807, 2.05) is 11.1 Å². The third kappa shape index (κ3) is 2.73. The molecule has 0 amide bonds. The lowest BCUT2D eigenvalue weighted by Gasteiger charge is -2.39. The van der Waals surface area contributed by atoms with Crippen molar-refractivity contribution in [2.24, 2.45) is 0 Å². The zero-order chi connectivity index (χ0) is 14.7. The largest absolute Gasteiger partial charge is 0.312 e. The lowest BCUT2D eigenvalue weighted by molar-refractivity contribution is -0.384. The zero-order valence-corrected chi connectivity index (χ0v) is 11.7. The summed E-state index contributed by atoms with van der Waals surface area (Å²) in [6.45, 7) is 4.20. The Labute approximate surface area is 118 Å².